The van der Waals surface area contributed by atoms with Crippen LogP contribution in [0.5, 0.6) is 17.2 Å². The number of hydrogen-bond acceptors (Lipinski definition) is 4. The molecule has 0 spiro atoms. The molecule has 86 valence electrons. The van der Waals surface area contributed by atoms with Crippen LogP contribution in [0.25, 0.3) is 0 Å². The minimum absolute atomic E-state index is 0.317. The molecule has 1 rings (SSSR count). The molecule has 0 unspecified atom stereocenters. The molecule has 0 N–H and O–H groups in total. The highest BCUT2D eigenvalue weighted by Gasteiger charge is 2.12. The summed E-state index contributed by atoms with van der Waals surface area (Å²) in [6.45, 7) is 3.86. The number of hydrogen-bond donors (Lipinski definition) is 0. The van der Waals surface area contributed by atoms with E-state index in [9.17, 15) is 4.79 Å². The lowest BCUT2D eigenvalue weighted by atomic mass is 10.2. The fraction of sp³-hybridized carbons (Fsp3) is 0.250. The number of benzene rings is 1. The van der Waals surface area contributed by atoms with E-state index in [0.29, 0.717) is 35.7 Å². The fourth-order valence-electron chi connectivity index (χ4n) is 1.25. The maximum Gasteiger partial charge on any atom is 0.157 e. The van der Waals surface area contributed by atoms with E-state index >= 15 is 0 Å². The van der Waals surface area contributed by atoms with E-state index in [1.807, 2.05) is 0 Å². The van der Waals surface area contributed by atoms with Crippen LogP contribution in [0.3, 0.4) is 0 Å². The van der Waals surface area contributed by atoms with Crippen LogP contribution in [-0.4, -0.2) is 27.1 Å². The van der Waals surface area contributed by atoms with Gasteiger partial charge in [0.05, 0.1) is 19.8 Å². The third-order valence-electron chi connectivity index (χ3n) is 2.01. The highest BCUT2D eigenvalue weighted by molar-refractivity contribution is 5.84. The minimum Gasteiger partial charge on any atom is -0.496 e. The maximum absolute atomic E-state index is 10.9. The zero-order valence-electron chi connectivity index (χ0n) is 9.36. The molecule has 0 aromatic heterocycles. The van der Waals surface area contributed by atoms with Gasteiger partial charge >= 0.3 is 0 Å². The molecule has 0 amide bonds. The average molecular weight is 222 g/mol. The van der Waals surface area contributed by atoms with Crippen molar-refractivity contribution in [2.75, 3.05) is 20.8 Å². The van der Waals surface area contributed by atoms with E-state index in [2.05, 4.69) is 6.58 Å². The molecule has 4 nitrogen and oxygen atoms in total. The van der Waals surface area contributed by atoms with Gasteiger partial charge in [-0.2, -0.15) is 0 Å². The Kier molecular flexibility index (Phi) is 4.39. The van der Waals surface area contributed by atoms with Crippen molar-refractivity contribution < 1.29 is 19.0 Å². The van der Waals surface area contributed by atoms with Gasteiger partial charge in [-0.25, -0.2) is 0 Å². The minimum atomic E-state index is 0.317. The Morgan fingerprint density at radius 3 is 2.44 bits per heavy atom. The largest absolute Gasteiger partial charge is 0.496 e. The van der Waals surface area contributed by atoms with Gasteiger partial charge in [0.15, 0.2) is 6.29 Å². The van der Waals surface area contributed by atoms with Crippen LogP contribution in [0, 0.1) is 0 Å². The molecular formula is C12H14O4. The van der Waals surface area contributed by atoms with E-state index in [4.69, 9.17) is 14.2 Å². The zero-order chi connectivity index (χ0) is 12.0. The van der Waals surface area contributed by atoms with Crippen LogP contribution in [0.4, 0.5) is 0 Å². The molecule has 1 aromatic carbocycles. The van der Waals surface area contributed by atoms with Gasteiger partial charge in [0.1, 0.15) is 23.9 Å². The van der Waals surface area contributed by atoms with Gasteiger partial charge in [0, 0.05) is 12.1 Å². The van der Waals surface area contributed by atoms with Crippen molar-refractivity contribution in [2.45, 2.75) is 0 Å². The monoisotopic (exact) mass is 222 g/mol. The second-order valence-electron chi connectivity index (χ2n) is 2.96. The summed E-state index contributed by atoms with van der Waals surface area (Å²) in [5.41, 5.74) is 0.366. The predicted molar refractivity (Wildman–Crippen MR) is 60.6 cm³/mol. The first-order valence-electron chi connectivity index (χ1n) is 4.71. The van der Waals surface area contributed by atoms with Crippen LogP contribution >= 0.6 is 0 Å². The number of rotatable bonds is 6. The predicted octanol–water partition coefficient (Wildman–Crippen LogP) is 2.08. The van der Waals surface area contributed by atoms with Crippen LogP contribution in [0.15, 0.2) is 24.8 Å². The van der Waals surface area contributed by atoms with Gasteiger partial charge in [0.2, 0.25) is 0 Å². The normalized spacial score (nSPS) is 9.38. The van der Waals surface area contributed by atoms with Gasteiger partial charge in [-0.3, -0.25) is 4.79 Å². The van der Waals surface area contributed by atoms with Crippen LogP contribution in [-0.2, 0) is 0 Å². The summed E-state index contributed by atoms with van der Waals surface area (Å²) in [5.74, 6) is 1.42. The van der Waals surface area contributed by atoms with Gasteiger partial charge in [-0.15, -0.1) is 0 Å². The Morgan fingerprint density at radius 2 is 1.94 bits per heavy atom. The standard InChI is InChI=1S/C12H14O4/c1-4-5-16-12-7-9(14-2)6-11(15-3)10(12)8-13/h4,6-8H,1,5H2,2-3H3. The highest BCUT2D eigenvalue weighted by Crippen LogP contribution is 2.32. The van der Waals surface area contributed by atoms with Crippen molar-refractivity contribution in [1.82, 2.24) is 0 Å². The van der Waals surface area contributed by atoms with Crippen molar-refractivity contribution in [2.24, 2.45) is 0 Å². The smallest absolute Gasteiger partial charge is 0.157 e. The lowest BCUT2D eigenvalue weighted by Crippen LogP contribution is -2.00. The van der Waals surface area contributed by atoms with Crippen molar-refractivity contribution in [1.29, 1.82) is 0 Å². The second kappa shape index (κ2) is 5.80. The van der Waals surface area contributed by atoms with Crippen LogP contribution in [0.1, 0.15) is 10.4 Å². The summed E-state index contributed by atoms with van der Waals surface area (Å²) in [7, 11) is 3.02. The number of aldehydes is 1. The SMILES string of the molecule is C=CCOc1cc(OC)cc(OC)c1C=O. The number of carbonyl (C=O) groups is 1. The molecular weight excluding hydrogens is 208 g/mol. The molecule has 0 atom stereocenters. The van der Waals surface area contributed by atoms with Crippen molar-refractivity contribution in [3.05, 3.63) is 30.4 Å². The molecule has 4 heteroatoms. The van der Waals surface area contributed by atoms with Crippen molar-refractivity contribution >= 4 is 6.29 Å². The van der Waals surface area contributed by atoms with E-state index in [0.717, 1.165) is 0 Å². The Hall–Kier alpha value is -1.97. The van der Waals surface area contributed by atoms with E-state index in [1.54, 1.807) is 18.2 Å². The molecule has 0 saturated heterocycles. The summed E-state index contributed by atoms with van der Waals surface area (Å²) in [5, 5.41) is 0. The van der Waals surface area contributed by atoms with E-state index in [1.165, 1.54) is 14.2 Å². The molecule has 0 aliphatic heterocycles. The van der Waals surface area contributed by atoms with Gasteiger partial charge < -0.3 is 14.2 Å². The Labute approximate surface area is 94.4 Å². The number of carbonyl (C=O) groups excluding carboxylic acids is 1. The molecule has 0 heterocycles. The van der Waals surface area contributed by atoms with Gasteiger partial charge in [0.25, 0.3) is 0 Å². The summed E-state index contributed by atoms with van der Waals surface area (Å²) >= 11 is 0. The summed E-state index contributed by atoms with van der Waals surface area (Å²) < 4.78 is 15.5. The van der Waals surface area contributed by atoms with Crippen molar-refractivity contribution in [3.63, 3.8) is 0 Å². The molecule has 0 bridgehead atoms. The van der Waals surface area contributed by atoms with Gasteiger partial charge in [-0.05, 0) is 0 Å². The maximum atomic E-state index is 10.9. The Balaban J connectivity index is 3.19. The quantitative estimate of drug-likeness (QED) is 0.546. The van der Waals surface area contributed by atoms with E-state index in [-0.39, 0.29) is 0 Å². The first kappa shape index (κ1) is 12.1. The number of ether oxygens (including phenoxy) is 3. The van der Waals surface area contributed by atoms with Gasteiger partial charge in [-0.1, -0.05) is 12.7 Å². The summed E-state index contributed by atoms with van der Waals surface area (Å²) in [6.07, 6.45) is 2.29. The third-order valence-corrected chi connectivity index (χ3v) is 2.01. The Morgan fingerprint density at radius 1 is 1.25 bits per heavy atom. The molecule has 0 fully saturated rings. The molecule has 0 radical (unpaired) electrons. The van der Waals surface area contributed by atoms with E-state index < -0.39 is 0 Å². The first-order chi connectivity index (χ1) is 7.76. The summed E-state index contributed by atoms with van der Waals surface area (Å²) in [4.78, 5) is 10.9. The molecule has 16 heavy (non-hydrogen) atoms. The lowest BCUT2D eigenvalue weighted by Gasteiger charge is -2.12. The molecule has 0 aliphatic carbocycles. The third kappa shape index (κ3) is 2.53. The lowest BCUT2D eigenvalue weighted by molar-refractivity contribution is 0.111. The second-order valence-corrected chi connectivity index (χ2v) is 2.96. The first-order valence-corrected chi connectivity index (χ1v) is 4.71. The average Bonchev–Trinajstić information content (AvgIpc) is 2.34. The summed E-state index contributed by atoms with van der Waals surface area (Å²) in [6, 6.07) is 3.26. The fourth-order valence-corrected chi connectivity index (χ4v) is 1.25. The molecule has 1 aromatic rings. The zero-order valence-corrected chi connectivity index (χ0v) is 9.36. The highest BCUT2D eigenvalue weighted by atomic mass is 16.5. The van der Waals surface area contributed by atoms with Crippen LogP contribution < -0.4 is 14.2 Å². The molecule has 0 aliphatic rings. The van der Waals surface area contributed by atoms with Crippen molar-refractivity contribution in [3.8, 4) is 17.2 Å². The number of methoxy groups -OCH3 is 2. The topological polar surface area (TPSA) is 44.8 Å². The Bertz CT molecular complexity index is 385. The molecule has 0 saturated carbocycles. The van der Waals surface area contributed by atoms with Crippen LogP contribution in [0.2, 0.25) is 0 Å².